The van der Waals surface area contributed by atoms with Gasteiger partial charge in [0.25, 0.3) is 0 Å². The Bertz CT molecular complexity index is 684. The Morgan fingerprint density at radius 3 is 2.58 bits per heavy atom. The molecule has 1 atom stereocenters. The second-order valence-corrected chi connectivity index (χ2v) is 5.28. The van der Waals surface area contributed by atoms with Gasteiger partial charge in [-0.2, -0.15) is 0 Å². The highest BCUT2D eigenvalue weighted by molar-refractivity contribution is 5.94. The first-order valence-corrected chi connectivity index (χ1v) is 7.58. The highest BCUT2D eigenvalue weighted by atomic mass is 16.5. The summed E-state index contributed by atoms with van der Waals surface area (Å²) < 4.78 is 15.7. The SMILES string of the molecule is CCOc1cc([C@@H]2NC(=O)N(C)C(C)=C2C(=O)OC)ccc1OC. The number of allylic oxidation sites excluding steroid dienone is 1. The molecule has 0 saturated heterocycles. The highest BCUT2D eigenvalue weighted by Crippen LogP contribution is 2.35. The minimum absolute atomic E-state index is 0.293. The summed E-state index contributed by atoms with van der Waals surface area (Å²) in [5, 5.41) is 2.82. The van der Waals surface area contributed by atoms with Crippen molar-refractivity contribution in [1.82, 2.24) is 10.2 Å². The number of amides is 2. The minimum atomic E-state index is -0.619. The zero-order chi connectivity index (χ0) is 17.9. The van der Waals surface area contributed by atoms with E-state index in [0.717, 1.165) is 0 Å². The fourth-order valence-corrected chi connectivity index (χ4v) is 2.60. The van der Waals surface area contributed by atoms with Crippen LogP contribution in [0.4, 0.5) is 4.79 Å². The van der Waals surface area contributed by atoms with Crippen LogP contribution in [0.15, 0.2) is 29.5 Å². The van der Waals surface area contributed by atoms with Crippen molar-refractivity contribution in [2.45, 2.75) is 19.9 Å². The largest absolute Gasteiger partial charge is 0.493 e. The van der Waals surface area contributed by atoms with E-state index in [9.17, 15) is 9.59 Å². The lowest BCUT2D eigenvalue weighted by atomic mass is 9.94. The summed E-state index contributed by atoms with van der Waals surface area (Å²) in [6.07, 6.45) is 0. The second-order valence-electron chi connectivity index (χ2n) is 5.28. The number of rotatable bonds is 5. The molecule has 1 aliphatic rings. The first-order valence-electron chi connectivity index (χ1n) is 7.58. The van der Waals surface area contributed by atoms with Crippen LogP contribution in [-0.4, -0.2) is 44.8 Å². The Hall–Kier alpha value is -2.70. The smallest absolute Gasteiger partial charge is 0.337 e. The lowest BCUT2D eigenvalue weighted by Crippen LogP contribution is -2.46. The van der Waals surface area contributed by atoms with E-state index >= 15 is 0 Å². The molecule has 0 unspecified atom stereocenters. The fourth-order valence-electron chi connectivity index (χ4n) is 2.60. The van der Waals surface area contributed by atoms with Gasteiger partial charge in [-0.05, 0) is 31.5 Å². The van der Waals surface area contributed by atoms with Gasteiger partial charge in [0.05, 0.1) is 32.4 Å². The number of nitrogens with zero attached hydrogens (tertiary/aromatic N) is 1. The van der Waals surface area contributed by atoms with E-state index in [2.05, 4.69) is 5.32 Å². The number of carbonyl (C=O) groups is 2. The van der Waals surface area contributed by atoms with Crippen LogP contribution < -0.4 is 14.8 Å². The maximum absolute atomic E-state index is 12.2. The van der Waals surface area contributed by atoms with Crippen LogP contribution in [0.3, 0.4) is 0 Å². The molecule has 0 fully saturated rings. The average Bonchev–Trinajstić information content (AvgIpc) is 2.59. The first kappa shape index (κ1) is 17.7. The Morgan fingerprint density at radius 1 is 1.29 bits per heavy atom. The molecule has 7 nitrogen and oxygen atoms in total. The van der Waals surface area contributed by atoms with E-state index < -0.39 is 12.0 Å². The molecule has 2 rings (SSSR count). The molecule has 0 spiro atoms. The average molecular weight is 334 g/mol. The number of hydrogen-bond donors (Lipinski definition) is 1. The molecular formula is C17H22N2O5. The third-order valence-corrected chi connectivity index (χ3v) is 3.98. The van der Waals surface area contributed by atoms with Gasteiger partial charge in [0.1, 0.15) is 0 Å². The van der Waals surface area contributed by atoms with Crippen LogP contribution in [0.25, 0.3) is 0 Å². The van der Waals surface area contributed by atoms with Crippen molar-refractivity contribution in [2.24, 2.45) is 0 Å². The number of carbonyl (C=O) groups excluding carboxylic acids is 2. The molecule has 7 heteroatoms. The summed E-state index contributed by atoms with van der Waals surface area (Å²) >= 11 is 0. The molecule has 130 valence electrons. The summed E-state index contributed by atoms with van der Waals surface area (Å²) in [7, 11) is 4.47. The molecule has 0 radical (unpaired) electrons. The van der Waals surface area contributed by atoms with Crippen molar-refractivity contribution in [1.29, 1.82) is 0 Å². The van der Waals surface area contributed by atoms with Crippen LogP contribution >= 0.6 is 0 Å². The molecule has 0 aliphatic carbocycles. The van der Waals surface area contributed by atoms with Crippen molar-refractivity contribution in [3.63, 3.8) is 0 Å². The Balaban J connectivity index is 2.54. The van der Waals surface area contributed by atoms with Crippen LogP contribution in [0.5, 0.6) is 11.5 Å². The summed E-state index contributed by atoms with van der Waals surface area (Å²) in [5.74, 6) is 0.644. The maximum Gasteiger partial charge on any atom is 0.337 e. The van der Waals surface area contributed by atoms with Crippen molar-refractivity contribution < 1.29 is 23.8 Å². The molecule has 1 aliphatic heterocycles. The summed E-state index contributed by atoms with van der Waals surface area (Å²) in [5.41, 5.74) is 1.64. The summed E-state index contributed by atoms with van der Waals surface area (Å²) in [4.78, 5) is 25.8. The van der Waals surface area contributed by atoms with Gasteiger partial charge < -0.3 is 24.4 Å². The lowest BCUT2D eigenvalue weighted by Gasteiger charge is -2.33. The first-order chi connectivity index (χ1) is 11.4. The Morgan fingerprint density at radius 2 is 2.00 bits per heavy atom. The maximum atomic E-state index is 12.2. The molecule has 1 N–H and O–H groups in total. The van der Waals surface area contributed by atoms with Crippen molar-refractivity contribution in [3.05, 3.63) is 35.0 Å². The lowest BCUT2D eigenvalue weighted by molar-refractivity contribution is -0.136. The zero-order valence-corrected chi connectivity index (χ0v) is 14.5. The Kier molecular flexibility index (Phi) is 5.33. The van der Waals surface area contributed by atoms with Gasteiger partial charge in [0.15, 0.2) is 11.5 Å². The second kappa shape index (κ2) is 7.25. The number of ether oxygens (including phenoxy) is 3. The van der Waals surface area contributed by atoms with Crippen molar-refractivity contribution in [3.8, 4) is 11.5 Å². The van der Waals surface area contributed by atoms with Gasteiger partial charge in [0.2, 0.25) is 0 Å². The van der Waals surface area contributed by atoms with Gasteiger partial charge in [-0.15, -0.1) is 0 Å². The number of urea groups is 1. The Labute approximate surface area is 141 Å². The van der Waals surface area contributed by atoms with Gasteiger partial charge in [-0.1, -0.05) is 6.07 Å². The standard InChI is InChI=1S/C17H22N2O5/c1-6-24-13-9-11(7-8-12(13)22-4)15-14(16(20)23-5)10(2)19(3)17(21)18-15/h7-9,15H,6H2,1-5H3,(H,18,21)/t15-/m0/s1. The minimum Gasteiger partial charge on any atom is -0.493 e. The monoisotopic (exact) mass is 334 g/mol. The predicted molar refractivity (Wildman–Crippen MR) is 87.9 cm³/mol. The van der Waals surface area contributed by atoms with Crippen LogP contribution in [0, 0.1) is 0 Å². The molecule has 2 amide bonds. The molecule has 0 saturated carbocycles. The molecular weight excluding hydrogens is 312 g/mol. The summed E-state index contributed by atoms with van der Waals surface area (Å²) in [6, 6.07) is 4.38. The van der Waals surface area contributed by atoms with E-state index in [4.69, 9.17) is 14.2 Å². The van der Waals surface area contributed by atoms with Crippen LogP contribution in [-0.2, 0) is 9.53 Å². The molecule has 0 aromatic heterocycles. The van der Waals surface area contributed by atoms with E-state index in [-0.39, 0.29) is 6.03 Å². The molecule has 24 heavy (non-hydrogen) atoms. The van der Waals surface area contributed by atoms with E-state index in [0.29, 0.717) is 34.9 Å². The number of nitrogens with one attached hydrogen (secondary N) is 1. The number of esters is 1. The number of hydrogen-bond acceptors (Lipinski definition) is 5. The van der Waals surface area contributed by atoms with Gasteiger partial charge >= 0.3 is 12.0 Å². The predicted octanol–water partition coefficient (Wildman–Crippen LogP) is 2.24. The van der Waals surface area contributed by atoms with Gasteiger partial charge in [-0.3, -0.25) is 0 Å². The topological polar surface area (TPSA) is 77.1 Å². The summed E-state index contributed by atoms with van der Waals surface area (Å²) in [6.45, 7) is 4.05. The van der Waals surface area contributed by atoms with E-state index in [1.807, 2.05) is 6.92 Å². The quantitative estimate of drug-likeness (QED) is 0.836. The third kappa shape index (κ3) is 3.15. The molecule has 1 heterocycles. The van der Waals surface area contributed by atoms with Crippen LogP contribution in [0.1, 0.15) is 25.5 Å². The zero-order valence-electron chi connectivity index (χ0n) is 14.5. The van der Waals surface area contributed by atoms with Crippen molar-refractivity contribution in [2.75, 3.05) is 27.9 Å². The van der Waals surface area contributed by atoms with Gasteiger partial charge in [-0.25, -0.2) is 9.59 Å². The molecule has 1 aromatic carbocycles. The molecule has 1 aromatic rings. The third-order valence-electron chi connectivity index (χ3n) is 3.98. The normalized spacial score (nSPS) is 17.5. The van der Waals surface area contributed by atoms with Gasteiger partial charge in [0, 0.05) is 12.7 Å². The molecule has 0 bridgehead atoms. The number of benzene rings is 1. The van der Waals surface area contributed by atoms with E-state index in [1.54, 1.807) is 39.3 Å². The number of methoxy groups -OCH3 is 2. The fraction of sp³-hybridized carbons (Fsp3) is 0.412. The van der Waals surface area contributed by atoms with Crippen LogP contribution in [0.2, 0.25) is 0 Å². The highest BCUT2D eigenvalue weighted by Gasteiger charge is 2.35. The van der Waals surface area contributed by atoms with Crippen molar-refractivity contribution >= 4 is 12.0 Å². The van der Waals surface area contributed by atoms with E-state index in [1.165, 1.54) is 12.0 Å².